The molecule has 9 heteroatoms. The van der Waals surface area contributed by atoms with Crippen molar-refractivity contribution in [1.82, 2.24) is 29.6 Å². The minimum Gasteiger partial charge on any atom is -0.491 e. The molecule has 0 amide bonds. The third kappa shape index (κ3) is 5.26. The molecule has 0 bridgehead atoms. The number of likely N-dealkylation sites (N-methyl/N-ethyl adjacent to an activating group) is 1. The van der Waals surface area contributed by atoms with Crippen LogP contribution < -0.4 is 14.8 Å². The Hall–Kier alpha value is -3.72. The highest BCUT2D eigenvalue weighted by molar-refractivity contribution is 5.91. The van der Waals surface area contributed by atoms with Crippen molar-refractivity contribution in [3.63, 3.8) is 0 Å². The highest BCUT2D eigenvalue weighted by Crippen LogP contribution is 2.28. The summed E-state index contributed by atoms with van der Waals surface area (Å²) in [5.74, 6) is 3.19. The number of hydrogen-bond acceptors (Lipinski definition) is 8. The number of aromatic nitrogens is 5. The molecule has 0 spiro atoms. The minimum absolute atomic E-state index is 0.480. The average Bonchev–Trinajstić information content (AvgIpc) is 3.20. The van der Waals surface area contributed by atoms with Gasteiger partial charge in [-0.05, 0) is 37.9 Å². The van der Waals surface area contributed by atoms with Crippen LogP contribution in [0.3, 0.4) is 0 Å². The van der Waals surface area contributed by atoms with Crippen LogP contribution >= 0.6 is 0 Å². The average molecular weight is 419 g/mol. The fourth-order valence-electron chi connectivity index (χ4n) is 2.91. The maximum atomic E-state index is 5.93. The number of anilines is 2. The fourth-order valence-corrected chi connectivity index (χ4v) is 2.91. The lowest BCUT2D eigenvalue weighted by atomic mass is 10.2. The molecule has 0 fully saturated rings. The molecule has 4 rings (SSSR count). The van der Waals surface area contributed by atoms with Crippen LogP contribution in [0.2, 0.25) is 0 Å². The van der Waals surface area contributed by atoms with Gasteiger partial charge in [0.25, 0.3) is 0 Å². The summed E-state index contributed by atoms with van der Waals surface area (Å²) in [6.45, 7) is 4.58. The topological polar surface area (TPSA) is 90.2 Å². The first-order valence-electron chi connectivity index (χ1n) is 10.1. The largest absolute Gasteiger partial charge is 0.491 e. The summed E-state index contributed by atoms with van der Waals surface area (Å²) in [7, 11) is 3.92. The number of hydrogen-bond donors (Lipinski definition) is 1. The first-order valence-corrected chi connectivity index (χ1v) is 10.1. The van der Waals surface area contributed by atoms with Crippen molar-refractivity contribution in [2.75, 3.05) is 32.1 Å². The van der Waals surface area contributed by atoms with Gasteiger partial charge in [-0.1, -0.05) is 6.92 Å². The van der Waals surface area contributed by atoms with E-state index in [4.69, 9.17) is 9.47 Å². The number of nitrogens with one attached hydrogen (secondary N) is 1. The zero-order valence-electron chi connectivity index (χ0n) is 17.8. The van der Waals surface area contributed by atoms with Gasteiger partial charge < -0.3 is 19.7 Å². The van der Waals surface area contributed by atoms with Gasteiger partial charge in [-0.3, -0.25) is 4.68 Å². The van der Waals surface area contributed by atoms with Crippen molar-refractivity contribution in [2.45, 2.75) is 6.92 Å². The van der Waals surface area contributed by atoms with Crippen molar-refractivity contribution >= 4 is 22.5 Å². The van der Waals surface area contributed by atoms with Crippen molar-refractivity contribution in [3.8, 4) is 17.4 Å². The molecular weight excluding hydrogens is 394 g/mol. The fraction of sp³-hybridized carbons (Fsp3) is 0.273. The third-order valence-corrected chi connectivity index (χ3v) is 4.78. The quantitative estimate of drug-likeness (QED) is 0.440. The molecule has 0 saturated carbocycles. The molecule has 0 aliphatic rings. The maximum Gasteiger partial charge on any atom is 0.219 e. The summed E-state index contributed by atoms with van der Waals surface area (Å²) >= 11 is 0. The van der Waals surface area contributed by atoms with E-state index >= 15 is 0 Å². The van der Waals surface area contributed by atoms with Gasteiger partial charge in [0.1, 0.15) is 30.3 Å². The highest BCUT2D eigenvalue weighted by atomic mass is 16.5. The van der Waals surface area contributed by atoms with Crippen LogP contribution in [0.25, 0.3) is 10.9 Å². The van der Waals surface area contributed by atoms with Crippen LogP contribution in [0.1, 0.15) is 6.92 Å². The van der Waals surface area contributed by atoms with Crippen LogP contribution in [-0.2, 0) is 7.05 Å². The van der Waals surface area contributed by atoms with Crippen LogP contribution in [0, 0.1) is 0 Å². The Morgan fingerprint density at radius 1 is 1.06 bits per heavy atom. The number of aryl methyl sites for hydroxylation is 1. The highest BCUT2D eigenvalue weighted by Gasteiger charge is 2.09. The molecule has 0 aliphatic carbocycles. The number of rotatable bonds is 9. The van der Waals surface area contributed by atoms with E-state index in [0.717, 1.165) is 24.0 Å². The van der Waals surface area contributed by atoms with E-state index in [1.165, 1.54) is 6.33 Å². The predicted octanol–water partition coefficient (Wildman–Crippen LogP) is 3.62. The van der Waals surface area contributed by atoms with E-state index in [0.29, 0.717) is 35.6 Å². The Kier molecular flexibility index (Phi) is 6.23. The van der Waals surface area contributed by atoms with Gasteiger partial charge in [0.15, 0.2) is 5.82 Å². The standard InChI is InChI=1S/C22H25N7O2/c1-4-28(2)11-12-30-17-6-8-21(23-14-17)31-16-5-7-19-18(13-16)22(25-15-24-19)26-20-9-10-29(3)27-20/h5-10,13-15H,4,11-12H2,1-3H3,(H,24,25,26,27). The van der Waals surface area contributed by atoms with Crippen molar-refractivity contribution in [1.29, 1.82) is 0 Å². The first-order chi connectivity index (χ1) is 15.1. The molecule has 31 heavy (non-hydrogen) atoms. The molecule has 0 atom stereocenters. The van der Waals surface area contributed by atoms with Gasteiger partial charge in [0.2, 0.25) is 5.88 Å². The van der Waals surface area contributed by atoms with Gasteiger partial charge in [0.05, 0.1) is 11.7 Å². The lowest BCUT2D eigenvalue weighted by Gasteiger charge is -2.14. The SMILES string of the molecule is CCN(C)CCOc1ccc(Oc2ccc3ncnc(Nc4ccn(C)n4)c3c2)nc1. The van der Waals surface area contributed by atoms with Crippen molar-refractivity contribution in [3.05, 3.63) is 55.1 Å². The molecule has 9 nitrogen and oxygen atoms in total. The summed E-state index contributed by atoms with van der Waals surface area (Å²) in [5.41, 5.74) is 0.800. The molecule has 1 aromatic carbocycles. The van der Waals surface area contributed by atoms with E-state index in [2.05, 4.69) is 44.2 Å². The molecule has 1 N–H and O–H groups in total. The van der Waals surface area contributed by atoms with Gasteiger partial charge in [-0.2, -0.15) is 5.10 Å². The summed E-state index contributed by atoms with van der Waals surface area (Å²) in [6.07, 6.45) is 5.05. The molecule has 4 aromatic rings. The first kappa shape index (κ1) is 20.5. The molecule has 3 heterocycles. The van der Waals surface area contributed by atoms with E-state index in [1.807, 2.05) is 43.6 Å². The number of fused-ring (bicyclic) bond motifs is 1. The molecule has 0 saturated heterocycles. The van der Waals surface area contributed by atoms with Gasteiger partial charge in [-0.15, -0.1) is 0 Å². The summed E-state index contributed by atoms with van der Waals surface area (Å²) in [6, 6.07) is 11.1. The maximum absolute atomic E-state index is 5.93. The monoisotopic (exact) mass is 419 g/mol. The second-order valence-electron chi connectivity index (χ2n) is 7.08. The van der Waals surface area contributed by atoms with Gasteiger partial charge >= 0.3 is 0 Å². The van der Waals surface area contributed by atoms with Crippen LogP contribution in [0.4, 0.5) is 11.6 Å². The lowest BCUT2D eigenvalue weighted by molar-refractivity contribution is 0.243. The lowest BCUT2D eigenvalue weighted by Crippen LogP contribution is -2.23. The number of pyridine rings is 1. The predicted molar refractivity (Wildman–Crippen MR) is 119 cm³/mol. The zero-order valence-corrected chi connectivity index (χ0v) is 17.8. The van der Waals surface area contributed by atoms with Gasteiger partial charge in [-0.25, -0.2) is 15.0 Å². The minimum atomic E-state index is 0.480. The summed E-state index contributed by atoms with van der Waals surface area (Å²) in [5, 5.41) is 8.38. The molecular formula is C22H25N7O2. The third-order valence-electron chi connectivity index (χ3n) is 4.78. The number of ether oxygens (including phenoxy) is 2. The van der Waals surface area contributed by atoms with Crippen LogP contribution in [0.5, 0.6) is 17.4 Å². The number of nitrogens with zero attached hydrogens (tertiary/aromatic N) is 6. The van der Waals surface area contributed by atoms with Crippen LogP contribution in [0.15, 0.2) is 55.1 Å². The van der Waals surface area contributed by atoms with Gasteiger partial charge in [0, 0.05) is 37.3 Å². The summed E-state index contributed by atoms with van der Waals surface area (Å²) in [4.78, 5) is 15.2. The molecule has 0 unspecified atom stereocenters. The Labute approximate surface area is 180 Å². The van der Waals surface area contributed by atoms with Crippen molar-refractivity contribution in [2.24, 2.45) is 7.05 Å². The van der Waals surface area contributed by atoms with Crippen molar-refractivity contribution < 1.29 is 9.47 Å². The normalized spacial score (nSPS) is 11.1. The van der Waals surface area contributed by atoms with E-state index in [1.54, 1.807) is 16.9 Å². The van der Waals surface area contributed by atoms with E-state index < -0.39 is 0 Å². The smallest absolute Gasteiger partial charge is 0.219 e. The molecule has 0 aliphatic heterocycles. The zero-order chi connectivity index (χ0) is 21.6. The van der Waals surface area contributed by atoms with Crippen LogP contribution in [-0.4, -0.2) is 56.4 Å². The Morgan fingerprint density at radius 3 is 2.68 bits per heavy atom. The molecule has 160 valence electrons. The second-order valence-corrected chi connectivity index (χ2v) is 7.08. The number of benzene rings is 1. The second kappa shape index (κ2) is 9.40. The summed E-state index contributed by atoms with van der Waals surface area (Å²) < 4.78 is 13.4. The Morgan fingerprint density at radius 2 is 1.94 bits per heavy atom. The Bertz CT molecular complexity index is 1140. The molecule has 3 aromatic heterocycles. The Balaban J connectivity index is 1.46. The molecule has 0 radical (unpaired) electrons. The van der Waals surface area contributed by atoms with E-state index in [9.17, 15) is 0 Å². The van der Waals surface area contributed by atoms with E-state index in [-0.39, 0.29) is 0 Å².